The third-order valence-corrected chi connectivity index (χ3v) is 5.56. The molecule has 0 amide bonds. The molecule has 1 heteroatoms. The monoisotopic (exact) mass is 352 g/mol. The Balaban J connectivity index is 4.08. The Kier molecular flexibility index (Phi) is 16.9. The van der Waals surface area contributed by atoms with Gasteiger partial charge in [0, 0.05) is 0 Å². The van der Waals surface area contributed by atoms with E-state index >= 15 is 0 Å². The predicted molar refractivity (Wildman–Crippen MR) is 116 cm³/mol. The molecule has 0 spiro atoms. The molecule has 150 valence electrons. The standard InChI is InChI=1S/C24H50N/c1-6-9-12-13-14-15-16-17-18-19-22-25(20-10-7-2,21-11-8-3)23-24(4)5/h4,6-23H2,1-3,5H3/q+1. The summed E-state index contributed by atoms with van der Waals surface area (Å²) in [5.41, 5.74) is 1.37. The van der Waals surface area contributed by atoms with Crippen LogP contribution in [0.4, 0.5) is 0 Å². The Bertz CT molecular complexity index is 286. The Labute approximate surface area is 160 Å². The number of hydrogen-bond donors (Lipinski definition) is 0. The molecule has 0 aromatic carbocycles. The van der Waals surface area contributed by atoms with Crippen LogP contribution in [0.25, 0.3) is 0 Å². The molecule has 0 aliphatic heterocycles. The second-order valence-electron chi connectivity index (χ2n) is 8.52. The van der Waals surface area contributed by atoms with Gasteiger partial charge in [-0.3, -0.25) is 0 Å². The van der Waals surface area contributed by atoms with Gasteiger partial charge in [-0.15, -0.1) is 0 Å². The summed E-state index contributed by atoms with van der Waals surface area (Å²) in [7, 11) is 0. The molecule has 0 heterocycles. The van der Waals surface area contributed by atoms with Crippen molar-refractivity contribution in [3.63, 3.8) is 0 Å². The predicted octanol–water partition coefficient (Wildman–Crippen LogP) is 7.90. The third kappa shape index (κ3) is 14.5. The Morgan fingerprint density at radius 1 is 0.560 bits per heavy atom. The third-order valence-electron chi connectivity index (χ3n) is 5.56. The Hall–Kier alpha value is -0.300. The van der Waals surface area contributed by atoms with Crippen molar-refractivity contribution in [2.24, 2.45) is 0 Å². The molecule has 0 aromatic heterocycles. The molecule has 0 atom stereocenters. The number of unbranched alkanes of at least 4 members (excludes halogenated alkanes) is 11. The molecule has 0 N–H and O–H groups in total. The van der Waals surface area contributed by atoms with Crippen molar-refractivity contribution in [1.82, 2.24) is 0 Å². The zero-order valence-electron chi connectivity index (χ0n) is 18.4. The number of rotatable bonds is 19. The van der Waals surface area contributed by atoms with Gasteiger partial charge in [0.2, 0.25) is 0 Å². The summed E-state index contributed by atoms with van der Waals surface area (Å²) in [6, 6.07) is 0. The molecule has 0 aliphatic carbocycles. The van der Waals surface area contributed by atoms with Crippen LogP contribution in [-0.2, 0) is 0 Å². The molecule has 0 aromatic rings. The molecule has 25 heavy (non-hydrogen) atoms. The molecule has 0 aliphatic rings. The fraction of sp³-hybridized carbons (Fsp3) is 0.917. The lowest BCUT2D eigenvalue weighted by molar-refractivity contribution is -0.924. The van der Waals surface area contributed by atoms with E-state index in [1.54, 1.807) is 0 Å². The van der Waals surface area contributed by atoms with Crippen LogP contribution in [0.3, 0.4) is 0 Å². The maximum atomic E-state index is 4.24. The van der Waals surface area contributed by atoms with Crippen LogP contribution in [0.2, 0.25) is 0 Å². The summed E-state index contributed by atoms with van der Waals surface area (Å²) in [5, 5.41) is 0. The summed E-state index contributed by atoms with van der Waals surface area (Å²) in [6.45, 7) is 18.7. The van der Waals surface area contributed by atoms with Crippen molar-refractivity contribution in [2.45, 2.75) is 118 Å². The lowest BCUT2D eigenvalue weighted by Gasteiger charge is -2.39. The van der Waals surface area contributed by atoms with E-state index in [-0.39, 0.29) is 0 Å². The average molecular weight is 353 g/mol. The Morgan fingerprint density at radius 3 is 1.32 bits per heavy atom. The van der Waals surface area contributed by atoms with Gasteiger partial charge in [0.15, 0.2) is 0 Å². The minimum Gasteiger partial charge on any atom is -0.320 e. The quantitative estimate of drug-likeness (QED) is 0.126. The molecule has 0 bridgehead atoms. The van der Waals surface area contributed by atoms with Crippen LogP contribution in [0.1, 0.15) is 118 Å². The first-order valence-electron chi connectivity index (χ1n) is 11.6. The highest BCUT2D eigenvalue weighted by molar-refractivity contribution is 4.88. The summed E-state index contributed by atoms with van der Waals surface area (Å²) < 4.78 is 1.31. The van der Waals surface area contributed by atoms with E-state index in [1.807, 2.05) is 0 Å². The summed E-state index contributed by atoms with van der Waals surface area (Å²) >= 11 is 0. The van der Waals surface area contributed by atoms with E-state index in [9.17, 15) is 0 Å². The fourth-order valence-corrected chi connectivity index (χ4v) is 4.07. The SMILES string of the molecule is C=C(C)C[N+](CCCC)(CCCC)CCCCCCCCCCCC. The number of nitrogens with zero attached hydrogens (tertiary/aromatic N) is 1. The molecule has 0 unspecified atom stereocenters. The first-order valence-corrected chi connectivity index (χ1v) is 11.6. The van der Waals surface area contributed by atoms with Crippen molar-refractivity contribution in [3.8, 4) is 0 Å². The van der Waals surface area contributed by atoms with Crippen LogP contribution in [0.15, 0.2) is 12.2 Å². The number of hydrogen-bond acceptors (Lipinski definition) is 0. The highest BCUT2D eigenvalue weighted by Gasteiger charge is 2.25. The van der Waals surface area contributed by atoms with Gasteiger partial charge in [-0.25, -0.2) is 0 Å². The van der Waals surface area contributed by atoms with Gasteiger partial charge in [-0.2, -0.15) is 0 Å². The zero-order valence-corrected chi connectivity index (χ0v) is 18.4. The van der Waals surface area contributed by atoms with Crippen molar-refractivity contribution < 1.29 is 4.48 Å². The second kappa shape index (κ2) is 17.1. The van der Waals surface area contributed by atoms with Crippen molar-refractivity contribution in [2.75, 3.05) is 26.2 Å². The van der Waals surface area contributed by atoms with E-state index in [1.165, 1.54) is 126 Å². The molecule has 0 saturated heterocycles. The molecule has 0 fully saturated rings. The highest BCUT2D eigenvalue weighted by atomic mass is 15.3. The molecular weight excluding hydrogens is 302 g/mol. The topological polar surface area (TPSA) is 0 Å². The molecule has 0 radical (unpaired) electrons. The highest BCUT2D eigenvalue weighted by Crippen LogP contribution is 2.18. The van der Waals surface area contributed by atoms with Crippen LogP contribution in [0.5, 0.6) is 0 Å². The van der Waals surface area contributed by atoms with E-state index in [0.717, 1.165) is 0 Å². The van der Waals surface area contributed by atoms with Crippen LogP contribution in [-0.4, -0.2) is 30.7 Å². The van der Waals surface area contributed by atoms with Gasteiger partial charge in [-0.05, 0) is 38.2 Å². The van der Waals surface area contributed by atoms with Gasteiger partial charge in [-0.1, -0.05) is 91.6 Å². The molecule has 0 rings (SSSR count). The summed E-state index contributed by atoms with van der Waals surface area (Å²) in [5.74, 6) is 0. The average Bonchev–Trinajstić information content (AvgIpc) is 2.59. The maximum Gasteiger partial charge on any atom is 0.0998 e. The first-order chi connectivity index (χ1) is 12.1. The smallest absolute Gasteiger partial charge is 0.0998 e. The van der Waals surface area contributed by atoms with Crippen LogP contribution < -0.4 is 0 Å². The molecular formula is C24H50N+. The molecule has 1 nitrogen and oxygen atoms in total. The van der Waals surface area contributed by atoms with Crippen molar-refractivity contribution in [1.29, 1.82) is 0 Å². The largest absolute Gasteiger partial charge is 0.320 e. The van der Waals surface area contributed by atoms with E-state index in [2.05, 4.69) is 34.3 Å². The first kappa shape index (κ1) is 24.7. The second-order valence-corrected chi connectivity index (χ2v) is 8.52. The normalized spacial score (nSPS) is 11.8. The minimum absolute atomic E-state index is 1.21. The summed E-state index contributed by atoms with van der Waals surface area (Å²) in [6.07, 6.45) is 19.7. The minimum atomic E-state index is 1.21. The van der Waals surface area contributed by atoms with Gasteiger partial charge in [0.05, 0.1) is 26.2 Å². The van der Waals surface area contributed by atoms with Crippen molar-refractivity contribution in [3.05, 3.63) is 12.2 Å². The summed E-state index contributed by atoms with van der Waals surface area (Å²) in [4.78, 5) is 0. The maximum absolute atomic E-state index is 4.24. The van der Waals surface area contributed by atoms with Crippen LogP contribution in [0, 0.1) is 0 Å². The Morgan fingerprint density at radius 2 is 0.920 bits per heavy atom. The fourth-order valence-electron chi connectivity index (χ4n) is 4.07. The molecule has 0 saturated carbocycles. The van der Waals surface area contributed by atoms with E-state index in [4.69, 9.17) is 0 Å². The number of quaternary nitrogens is 1. The lowest BCUT2D eigenvalue weighted by Crippen LogP contribution is -2.51. The van der Waals surface area contributed by atoms with E-state index < -0.39 is 0 Å². The van der Waals surface area contributed by atoms with Gasteiger partial charge in [0.25, 0.3) is 0 Å². The van der Waals surface area contributed by atoms with Gasteiger partial charge in [0.1, 0.15) is 0 Å². The van der Waals surface area contributed by atoms with E-state index in [0.29, 0.717) is 0 Å². The van der Waals surface area contributed by atoms with Crippen molar-refractivity contribution >= 4 is 0 Å². The zero-order chi connectivity index (χ0) is 18.8. The van der Waals surface area contributed by atoms with Gasteiger partial charge < -0.3 is 4.48 Å². The van der Waals surface area contributed by atoms with Gasteiger partial charge >= 0.3 is 0 Å². The lowest BCUT2D eigenvalue weighted by atomic mass is 10.1. The van der Waals surface area contributed by atoms with Crippen LogP contribution >= 0.6 is 0 Å².